The Morgan fingerprint density at radius 1 is 0.882 bits per heavy atom. The fourth-order valence-electron chi connectivity index (χ4n) is 3.02. The van der Waals surface area contributed by atoms with Crippen molar-refractivity contribution in [3.63, 3.8) is 0 Å². The molecule has 0 saturated carbocycles. The second kappa shape index (κ2) is 5.74. The van der Waals surface area contributed by atoms with Gasteiger partial charge in [0.15, 0.2) is 0 Å². The van der Waals surface area contributed by atoms with Crippen molar-refractivity contribution in [3.05, 3.63) is 0 Å². The van der Waals surface area contributed by atoms with Crippen LogP contribution in [0.4, 0.5) is 4.79 Å². The predicted molar refractivity (Wildman–Crippen MR) is 70.0 cm³/mol. The summed E-state index contributed by atoms with van der Waals surface area (Å²) < 4.78 is 0. The quantitative estimate of drug-likeness (QED) is 0.636. The molecule has 98 valence electrons. The van der Waals surface area contributed by atoms with Gasteiger partial charge >= 0.3 is 6.03 Å². The second-order valence-electron chi connectivity index (χ2n) is 6.02. The summed E-state index contributed by atoms with van der Waals surface area (Å²) in [6, 6.07) is 0.297. The molecule has 0 aromatic carbocycles. The van der Waals surface area contributed by atoms with Crippen molar-refractivity contribution in [2.75, 3.05) is 26.2 Å². The number of urea groups is 1. The molecule has 2 aliphatic rings. The van der Waals surface area contributed by atoms with Gasteiger partial charge in [-0.2, -0.15) is 0 Å². The molecule has 0 aromatic rings. The van der Waals surface area contributed by atoms with Gasteiger partial charge in [0.05, 0.1) is 0 Å². The molecule has 17 heavy (non-hydrogen) atoms. The van der Waals surface area contributed by atoms with E-state index >= 15 is 0 Å². The number of nitrogens with zero attached hydrogens (tertiary/aromatic N) is 2. The van der Waals surface area contributed by atoms with Crippen molar-refractivity contribution in [2.45, 2.75) is 46.0 Å². The van der Waals surface area contributed by atoms with E-state index in [0.29, 0.717) is 17.9 Å². The van der Waals surface area contributed by atoms with Crippen LogP contribution in [0.2, 0.25) is 0 Å². The van der Waals surface area contributed by atoms with Crippen LogP contribution in [0.3, 0.4) is 0 Å². The topological polar surface area (TPSA) is 23.6 Å². The zero-order chi connectivity index (χ0) is 12.3. The third kappa shape index (κ3) is 3.36. The average molecular weight is 238 g/mol. The van der Waals surface area contributed by atoms with Crippen molar-refractivity contribution in [1.29, 1.82) is 0 Å². The second-order valence-corrected chi connectivity index (χ2v) is 6.02. The summed E-state index contributed by atoms with van der Waals surface area (Å²) in [4.78, 5) is 16.6. The highest BCUT2D eigenvalue weighted by Gasteiger charge is 2.27. The van der Waals surface area contributed by atoms with Gasteiger partial charge in [-0.05, 0) is 43.9 Å². The van der Waals surface area contributed by atoms with Crippen molar-refractivity contribution >= 4 is 6.03 Å². The molecule has 0 N–H and O–H groups in total. The fourth-order valence-corrected chi connectivity index (χ4v) is 3.02. The molecule has 0 spiro atoms. The van der Waals surface area contributed by atoms with Crippen LogP contribution < -0.4 is 0 Å². The molecule has 2 fully saturated rings. The number of piperidine rings is 1. The van der Waals surface area contributed by atoms with Gasteiger partial charge in [0.1, 0.15) is 0 Å². The van der Waals surface area contributed by atoms with Gasteiger partial charge in [-0.25, -0.2) is 4.79 Å². The Labute approximate surface area is 105 Å². The number of likely N-dealkylation sites (tertiary alicyclic amines) is 2. The molecule has 0 bridgehead atoms. The van der Waals surface area contributed by atoms with Crippen molar-refractivity contribution in [1.82, 2.24) is 9.80 Å². The maximum absolute atomic E-state index is 12.4. The Morgan fingerprint density at radius 2 is 1.41 bits per heavy atom. The molecule has 2 unspecified atom stereocenters. The number of hydrogen-bond donors (Lipinski definition) is 0. The lowest BCUT2D eigenvalue weighted by Gasteiger charge is -2.34. The highest BCUT2D eigenvalue weighted by atomic mass is 16.2. The van der Waals surface area contributed by atoms with Crippen LogP contribution >= 0.6 is 0 Å². The summed E-state index contributed by atoms with van der Waals surface area (Å²) in [7, 11) is 0. The van der Waals surface area contributed by atoms with Crippen LogP contribution in [0.15, 0.2) is 0 Å². The third-order valence-corrected chi connectivity index (χ3v) is 4.11. The molecule has 2 saturated heterocycles. The molecular weight excluding hydrogens is 212 g/mol. The smallest absolute Gasteiger partial charge is 0.320 e. The normalized spacial score (nSPS) is 31.2. The van der Waals surface area contributed by atoms with Gasteiger partial charge in [-0.1, -0.05) is 13.8 Å². The molecule has 3 heteroatoms. The van der Waals surface area contributed by atoms with Gasteiger partial charge in [-0.3, -0.25) is 0 Å². The van der Waals surface area contributed by atoms with E-state index in [1.165, 1.54) is 32.1 Å². The van der Waals surface area contributed by atoms with Crippen molar-refractivity contribution in [2.24, 2.45) is 11.8 Å². The lowest BCUT2D eigenvalue weighted by Crippen LogP contribution is -2.47. The van der Waals surface area contributed by atoms with Crippen LogP contribution in [0.1, 0.15) is 46.0 Å². The summed E-state index contributed by atoms with van der Waals surface area (Å²) in [5.41, 5.74) is 0. The first kappa shape index (κ1) is 12.7. The zero-order valence-electron chi connectivity index (χ0n) is 11.3. The predicted octanol–water partition coefficient (Wildman–Crippen LogP) is 2.96. The lowest BCUT2D eigenvalue weighted by atomic mass is 10.0. The first-order valence-corrected chi connectivity index (χ1v) is 7.20. The summed E-state index contributed by atoms with van der Waals surface area (Å²) in [6.07, 6.45) is 6.20. The first-order valence-electron chi connectivity index (χ1n) is 7.20. The van der Waals surface area contributed by atoms with Gasteiger partial charge in [0.2, 0.25) is 0 Å². The maximum Gasteiger partial charge on any atom is 0.320 e. The maximum atomic E-state index is 12.4. The molecule has 2 heterocycles. The van der Waals surface area contributed by atoms with Gasteiger partial charge in [0.25, 0.3) is 0 Å². The molecule has 0 radical (unpaired) electrons. The molecule has 2 atom stereocenters. The minimum atomic E-state index is 0.297. The summed E-state index contributed by atoms with van der Waals surface area (Å²) >= 11 is 0. The molecule has 0 aromatic heterocycles. The summed E-state index contributed by atoms with van der Waals surface area (Å²) in [5.74, 6) is 1.32. The SMILES string of the molecule is CC1CCC(C)CN(C(=O)N2CCCCC2)C1. The molecule has 2 rings (SSSR count). The van der Waals surface area contributed by atoms with E-state index < -0.39 is 0 Å². The van der Waals surface area contributed by atoms with Crippen LogP contribution in [0.25, 0.3) is 0 Å². The van der Waals surface area contributed by atoms with E-state index in [1.54, 1.807) is 0 Å². The fraction of sp³-hybridized carbons (Fsp3) is 0.929. The summed E-state index contributed by atoms with van der Waals surface area (Å²) in [5, 5.41) is 0. The Morgan fingerprint density at radius 3 is 1.94 bits per heavy atom. The average Bonchev–Trinajstić information content (AvgIpc) is 2.51. The van der Waals surface area contributed by atoms with Gasteiger partial charge in [-0.15, -0.1) is 0 Å². The van der Waals surface area contributed by atoms with E-state index in [4.69, 9.17) is 0 Å². The minimum Gasteiger partial charge on any atom is -0.325 e. The molecule has 2 amide bonds. The third-order valence-electron chi connectivity index (χ3n) is 4.11. The number of hydrogen-bond acceptors (Lipinski definition) is 1. The van der Waals surface area contributed by atoms with E-state index in [9.17, 15) is 4.79 Å². The highest BCUT2D eigenvalue weighted by Crippen LogP contribution is 2.22. The number of carbonyl (C=O) groups excluding carboxylic acids is 1. The van der Waals surface area contributed by atoms with Crippen LogP contribution in [-0.2, 0) is 0 Å². The van der Waals surface area contributed by atoms with E-state index in [2.05, 4.69) is 23.6 Å². The monoisotopic (exact) mass is 238 g/mol. The summed E-state index contributed by atoms with van der Waals surface area (Å²) in [6.45, 7) is 8.40. The van der Waals surface area contributed by atoms with Crippen LogP contribution in [0, 0.1) is 11.8 Å². The van der Waals surface area contributed by atoms with E-state index in [1.807, 2.05) is 0 Å². The highest BCUT2D eigenvalue weighted by molar-refractivity contribution is 5.74. The molecular formula is C14H26N2O. The number of amides is 2. The van der Waals surface area contributed by atoms with E-state index in [0.717, 1.165) is 26.2 Å². The Balaban J connectivity index is 1.96. The molecule has 3 nitrogen and oxygen atoms in total. The molecule has 0 aliphatic carbocycles. The lowest BCUT2D eigenvalue weighted by molar-refractivity contribution is 0.136. The first-order chi connectivity index (χ1) is 8.16. The number of carbonyl (C=O) groups is 1. The van der Waals surface area contributed by atoms with Crippen LogP contribution in [-0.4, -0.2) is 42.0 Å². The van der Waals surface area contributed by atoms with Gasteiger partial charge < -0.3 is 9.80 Å². The Bertz CT molecular complexity index is 249. The number of rotatable bonds is 0. The van der Waals surface area contributed by atoms with E-state index in [-0.39, 0.29) is 0 Å². The van der Waals surface area contributed by atoms with Gasteiger partial charge in [0, 0.05) is 26.2 Å². The Kier molecular flexibility index (Phi) is 4.30. The van der Waals surface area contributed by atoms with Crippen LogP contribution in [0.5, 0.6) is 0 Å². The largest absolute Gasteiger partial charge is 0.325 e. The Hall–Kier alpha value is -0.730. The molecule has 2 aliphatic heterocycles. The standard InChI is InChI=1S/C14H26N2O/c1-12-6-7-13(2)11-16(10-12)14(17)15-8-4-3-5-9-15/h12-13H,3-11H2,1-2H3. The van der Waals surface area contributed by atoms with Crippen molar-refractivity contribution in [3.8, 4) is 0 Å². The minimum absolute atomic E-state index is 0.297. The van der Waals surface area contributed by atoms with Crippen molar-refractivity contribution < 1.29 is 4.79 Å². The zero-order valence-corrected chi connectivity index (χ0v) is 11.3.